The van der Waals surface area contributed by atoms with Gasteiger partial charge < -0.3 is 14.9 Å². The van der Waals surface area contributed by atoms with E-state index in [4.69, 9.17) is 0 Å². The van der Waals surface area contributed by atoms with Crippen LogP contribution in [0.2, 0.25) is 0 Å². The van der Waals surface area contributed by atoms with Crippen LogP contribution in [0.25, 0.3) is 0 Å². The maximum absolute atomic E-state index is 12.7. The number of aliphatic hydroxyl groups is 1. The SMILES string of the molecule is CC(C)CC(=O)C1=C(O)C(=O)N(CCCN(C)C)C1c1ccccc1. The lowest BCUT2D eigenvalue weighted by Crippen LogP contribution is -2.33. The Morgan fingerprint density at radius 1 is 1.24 bits per heavy atom. The van der Waals surface area contributed by atoms with Crippen molar-refractivity contribution in [1.29, 1.82) is 0 Å². The summed E-state index contributed by atoms with van der Waals surface area (Å²) >= 11 is 0. The standard InChI is InChI=1S/C20H28N2O3/c1-14(2)13-16(23)17-18(15-9-6-5-7-10-15)22(20(25)19(17)24)12-8-11-21(3)4/h5-7,9-10,14,18,24H,8,11-13H2,1-4H3. The first-order valence-corrected chi connectivity index (χ1v) is 8.80. The van der Waals surface area contributed by atoms with Crippen LogP contribution in [0.1, 0.15) is 38.3 Å². The smallest absolute Gasteiger partial charge is 0.290 e. The molecule has 5 heteroatoms. The maximum atomic E-state index is 12.7. The largest absolute Gasteiger partial charge is 0.503 e. The van der Waals surface area contributed by atoms with Crippen LogP contribution in [-0.2, 0) is 9.59 Å². The number of nitrogens with zero attached hydrogens (tertiary/aromatic N) is 2. The molecule has 0 fully saturated rings. The molecule has 0 saturated heterocycles. The highest BCUT2D eigenvalue weighted by Gasteiger charge is 2.42. The molecule has 0 radical (unpaired) electrons. The zero-order chi connectivity index (χ0) is 18.6. The molecule has 1 N–H and O–H groups in total. The first-order chi connectivity index (χ1) is 11.8. The summed E-state index contributed by atoms with van der Waals surface area (Å²) < 4.78 is 0. The zero-order valence-corrected chi connectivity index (χ0v) is 15.5. The average Bonchev–Trinajstić information content (AvgIpc) is 2.79. The van der Waals surface area contributed by atoms with Crippen LogP contribution in [0.5, 0.6) is 0 Å². The van der Waals surface area contributed by atoms with Crippen LogP contribution in [-0.4, -0.2) is 53.8 Å². The summed E-state index contributed by atoms with van der Waals surface area (Å²) in [6.45, 7) is 5.25. The van der Waals surface area contributed by atoms with Crippen LogP contribution in [0.4, 0.5) is 0 Å². The number of rotatable bonds is 8. The average molecular weight is 344 g/mol. The topological polar surface area (TPSA) is 60.9 Å². The van der Waals surface area contributed by atoms with E-state index in [1.54, 1.807) is 4.90 Å². The Balaban J connectivity index is 2.35. The zero-order valence-electron chi connectivity index (χ0n) is 15.5. The lowest BCUT2D eigenvalue weighted by atomic mass is 9.92. The fraction of sp³-hybridized carbons (Fsp3) is 0.500. The Morgan fingerprint density at radius 2 is 1.88 bits per heavy atom. The van der Waals surface area contributed by atoms with Crippen molar-refractivity contribution in [3.63, 3.8) is 0 Å². The third kappa shape index (κ3) is 4.48. The van der Waals surface area contributed by atoms with E-state index in [9.17, 15) is 14.7 Å². The number of Topliss-reactive ketones (excluding diaryl/α,β-unsaturated/α-hetero) is 1. The van der Waals surface area contributed by atoms with Gasteiger partial charge in [-0.1, -0.05) is 44.2 Å². The highest BCUT2D eigenvalue weighted by atomic mass is 16.3. The summed E-state index contributed by atoms with van der Waals surface area (Å²) in [4.78, 5) is 29.0. The van der Waals surface area contributed by atoms with E-state index in [-0.39, 0.29) is 23.0 Å². The number of carbonyl (C=O) groups excluding carboxylic acids is 2. The van der Waals surface area contributed by atoms with Gasteiger partial charge in [0.1, 0.15) is 0 Å². The van der Waals surface area contributed by atoms with Gasteiger partial charge in [0.15, 0.2) is 11.5 Å². The number of hydrogen-bond acceptors (Lipinski definition) is 4. The quantitative estimate of drug-likeness (QED) is 0.788. The van der Waals surface area contributed by atoms with Gasteiger partial charge in [0.25, 0.3) is 5.91 Å². The molecule has 1 unspecified atom stereocenters. The van der Waals surface area contributed by atoms with Crippen molar-refractivity contribution >= 4 is 11.7 Å². The summed E-state index contributed by atoms with van der Waals surface area (Å²) in [5.74, 6) is -0.809. The molecule has 1 aromatic carbocycles. The van der Waals surface area contributed by atoms with Gasteiger partial charge >= 0.3 is 0 Å². The number of benzene rings is 1. The highest BCUT2D eigenvalue weighted by molar-refractivity contribution is 6.09. The molecule has 1 aliphatic heterocycles. The fourth-order valence-corrected chi connectivity index (χ4v) is 3.19. The van der Waals surface area contributed by atoms with E-state index < -0.39 is 11.9 Å². The summed E-state index contributed by atoms with van der Waals surface area (Å²) in [6.07, 6.45) is 1.10. The minimum Gasteiger partial charge on any atom is -0.503 e. The van der Waals surface area contributed by atoms with Crippen LogP contribution in [0.3, 0.4) is 0 Å². The molecular formula is C20H28N2O3. The van der Waals surface area contributed by atoms with Crippen molar-refractivity contribution in [1.82, 2.24) is 9.80 Å². The lowest BCUT2D eigenvalue weighted by molar-refractivity contribution is -0.129. The van der Waals surface area contributed by atoms with Crippen LogP contribution in [0, 0.1) is 5.92 Å². The normalized spacial score (nSPS) is 17.9. The van der Waals surface area contributed by atoms with E-state index >= 15 is 0 Å². The molecule has 2 rings (SSSR count). The Morgan fingerprint density at radius 3 is 2.44 bits per heavy atom. The molecule has 136 valence electrons. The Hall–Kier alpha value is -2.14. The number of carbonyl (C=O) groups is 2. The second-order valence-electron chi connectivity index (χ2n) is 7.25. The molecular weight excluding hydrogens is 316 g/mol. The first-order valence-electron chi connectivity index (χ1n) is 8.80. The molecule has 0 aliphatic carbocycles. The van der Waals surface area contributed by atoms with Crippen molar-refractivity contribution in [3.05, 3.63) is 47.2 Å². The Kier molecular flexibility index (Phi) is 6.37. The minimum absolute atomic E-state index is 0.148. The van der Waals surface area contributed by atoms with Gasteiger partial charge in [0, 0.05) is 13.0 Å². The molecule has 1 amide bonds. The molecule has 0 bridgehead atoms. The van der Waals surface area contributed by atoms with Crippen molar-refractivity contribution in [2.24, 2.45) is 5.92 Å². The lowest BCUT2D eigenvalue weighted by Gasteiger charge is -2.27. The van der Waals surface area contributed by atoms with Crippen molar-refractivity contribution in [2.75, 3.05) is 27.2 Å². The number of amides is 1. The summed E-state index contributed by atoms with van der Waals surface area (Å²) in [6, 6.07) is 8.98. The van der Waals surface area contributed by atoms with Gasteiger partial charge in [0.05, 0.1) is 11.6 Å². The van der Waals surface area contributed by atoms with E-state index in [1.807, 2.05) is 58.3 Å². The number of aliphatic hydroxyl groups excluding tert-OH is 1. The molecule has 1 heterocycles. The van der Waals surface area contributed by atoms with Gasteiger partial charge in [-0.2, -0.15) is 0 Å². The summed E-state index contributed by atoms with van der Waals surface area (Å²) in [7, 11) is 3.96. The molecule has 0 spiro atoms. The number of hydrogen-bond donors (Lipinski definition) is 1. The van der Waals surface area contributed by atoms with Crippen LogP contribution in [0.15, 0.2) is 41.7 Å². The predicted molar refractivity (Wildman–Crippen MR) is 98.2 cm³/mol. The molecule has 0 saturated carbocycles. The maximum Gasteiger partial charge on any atom is 0.290 e. The molecule has 1 aliphatic rings. The van der Waals surface area contributed by atoms with Gasteiger partial charge in [-0.05, 0) is 38.5 Å². The van der Waals surface area contributed by atoms with E-state index in [2.05, 4.69) is 4.90 Å². The predicted octanol–water partition coefficient (Wildman–Crippen LogP) is 2.95. The van der Waals surface area contributed by atoms with E-state index in [0.717, 1.165) is 18.5 Å². The second kappa shape index (κ2) is 8.30. The minimum atomic E-state index is -0.498. The van der Waals surface area contributed by atoms with Crippen LogP contribution >= 0.6 is 0 Å². The van der Waals surface area contributed by atoms with Crippen LogP contribution < -0.4 is 0 Å². The highest BCUT2D eigenvalue weighted by Crippen LogP contribution is 2.38. The van der Waals surface area contributed by atoms with Crippen molar-refractivity contribution in [2.45, 2.75) is 32.7 Å². The van der Waals surface area contributed by atoms with E-state index in [0.29, 0.717) is 13.0 Å². The third-order valence-electron chi connectivity index (χ3n) is 4.32. The Labute approximate surface area is 149 Å². The van der Waals surface area contributed by atoms with Crippen molar-refractivity contribution in [3.8, 4) is 0 Å². The van der Waals surface area contributed by atoms with E-state index in [1.165, 1.54) is 0 Å². The van der Waals surface area contributed by atoms with Gasteiger partial charge in [-0.15, -0.1) is 0 Å². The van der Waals surface area contributed by atoms with Gasteiger partial charge in [-0.3, -0.25) is 9.59 Å². The first kappa shape index (κ1) is 19.2. The van der Waals surface area contributed by atoms with Crippen molar-refractivity contribution < 1.29 is 14.7 Å². The second-order valence-corrected chi connectivity index (χ2v) is 7.25. The molecule has 5 nitrogen and oxygen atoms in total. The van der Waals surface area contributed by atoms with Gasteiger partial charge in [-0.25, -0.2) is 0 Å². The third-order valence-corrected chi connectivity index (χ3v) is 4.32. The Bertz CT molecular complexity index is 650. The molecule has 0 aromatic heterocycles. The molecule has 1 atom stereocenters. The summed E-state index contributed by atoms with van der Waals surface area (Å²) in [5.41, 5.74) is 1.10. The molecule has 25 heavy (non-hydrogen) atoms. The summed E-state index contributed by atoms with van der Waals surface area (Å²) in [5, 5.41) is 10.4. The van der Waals surface area contributed by atoms with Gasteiger partial charge in [0.2, 0.25) is 0 Å². The fourth-order valence-electron chi connectivity index (χ4n) is 3.19. The molecule has 1 aromatic rings. The monoisotopic (exact) mass is 344 g/mol. The number of ketones is 1.